The lowest BCUT2D eigenvalue weighted by atomic mass is 10.1. The van der Waals surface area contributed by atoms with Gasteiger partial charge in [-0.2, -0.15) is 0 Å². The highest BCUT2D eigenvalue weighted by atomic mass is 16.2. The fourth-order valence-corrected chi connectivity index (χ4v) is 3.21. The molecule has 0 bridgehead atoms. The van der Waals surface area contributed by atoms with Crippen LogP contribution in [0, 0.1) is 13.8 Å². The lowest BCUT2D eigenvalue weighted by molar-refractivity contribution is -0.127. The quantitative estimate of drug-likeness (QED) is 0.800. The number of rotatable bonds is 6. The van der Waals surface area contributed by atoms with Crippen molar-refractivity contribution in [2.24, 2.45) is 0 Å². The molecule has 2 heterocycles. The molecule has 2 N–H and O–H groups in total. The van der Waals surface area contributed by atoms with Crippen LogP contribution in [0.15, 0.2) is 23.0 Å². The van der Waals surface area contributed by atoms with E-state index in [4.69, 9.17) is 0 Å². The molecule has 0 unspecified atom stereocenters. The first-order valence-corrected chi connectivity index (χ1v) is 8.66. The molecule has 0 radical (unpaired) electrons. The van der Waals surface area contributed by atoms with Crippen LogP contribution in [0.3, 0.4) is 0 Å². The monoisotopic (exact) mass is 327 g/mol. The number of H-pyrrole nitrogens is 1. The number of nitrogens with one attached hydrogen (secondary N) is 2. The van der Waals surface area contributed by atoms with Crippen molar-refractivity contribution in [3.63, 3.8) is 0 Å². The number of carbonyl (C=O) groups excluding carboxylic acids is 1. The van der Waals surface area contributed by atoms with E-state index >= 15 is 0 Å². The number of carbonyl (C=O) groups is 1. The molecule has 128 valence electrons. The maximum atomic E-state index is 12.2. The van der Waals surface area contributed by atoms with E-state index in [2.05, 4.69) is 23.3 Å². The van der Waals surface area contributed by atoms with Gasteiger partial charge in [0.25, 0.3) is 5.56 Å². The average molecular weight is 327 g/mol. The number of amides is 1. The zero-order valence-electron chi connectivity index (χ0n) is 14.4. The van der Waals surface area contributed by atoms with Crippen LogP contribution in [0.5, 0.6) is 0 Å². The Bertz CT molecular complexity index is 810. The van der Waals surface area contributed by atoms with Gasteiger partial charge < -0.3 is 15.2 Å². The minimum absolute atomic E-state index is 0.0343. The van der Waals surface area contributed by atoms with E-state index in [1.165, 1.54) is 11.1 Å². The van der Waals surface area contributed by atoms with Crippen molar-refractivity contribution in [2.75, 3.05) is 19.6 Å². The maximum absolute atomic E-state index is 12.2. The third-order valence-corrected chi connectivity index (χ3v) is 4.80. The standard InChI is InChI=1S/C19H25N3O2/c1-13-9-15-11-16(19(24)21-17(15)10-14(13)2)12-20-6-4-8-22-7-3-5-18(22)23/h9-11,20H,3-8,12H2,1-2H3,(H,21,24). The van der Waals surface area contributed by atoms with Crippen molar-refractivity contribution in [2.45, 2.75) is 39.7 Å². The Hall–Kier alpha value is -2.14. The predicted octanol–water partition coefficient (Wildman–Crippen LogP) is 2.25. The molecule has 1 amide bonds. The van der Waals surface area contributed by atoms with Crippen molar-refractivity contribution in [3.8, 4) is 0 Å². The molecule has 1 aromatic heterocycles. The van der Waals surface area contributed by atoms with Gasteiger partial charge in [-0.05, 0) is 67.9 Å². The van der Waals surface area contributed by atoms with E-state index in [0.717, 1.165) is 48.9 Å². The molecule has 24 heavy (non-hydrogen) atoms. The summed E-state index contributed by atoms with van der Waals surface area (Å²) < 4.78 is 0. The van der Waals surface area contributed by atoms with Crippen LogP contribution in [0.2, 0.25) is 0 Å². The fraction of sp³-hybridized carbons (Fsp3) is 0.474. The van der Waals surface area contributed by atoms with Crippen molar-refractivity contribution in [1.29, 1.82) is 0 Å². The van der Waals surface area contributed by atoms with Gasteiger partial charge in [-0.25, -0.2) is 0 Å². The summed E-state index contributed by atoms with van der Waals surface area (Å²) in [5, 5.41) is 4.38. The first kappa shape index (κ1) is 16.7. The molecule has 0 saturated carbocycles. The minimum Gasteiger partial charge on any atom is -0.343 e. The second-order valence-corrected chi connectivity index (χ2v) is 6.66. The highest BCUT2D eigenvalue weighted by Gasteiger charge is 2.18. The Morgan fingerprint density at radius 2 is 1.96 bits per heavy atom. The number of likely N-dealkylation sites (tertiary alicyclic amines) is 1. The molecule has 0 aliphatic carbocycles. The number of pyridine rings is 1. The first-order valence-electron chi connectivity index (χ1n) is 8.66. The Morgan fingerprint density at radius 1 is 1.17 bits per heavy atom. The van der Waals surface area contributed by atoms with Crippen LogP contribution in [-0.2, 0) is 11.3 Å². The van der Waals surface area contributed by atoms with Crippen LogP contribution < -0.4 is 10.9 Å². The summed E-state index contributed by atoms with van der Waals surface area (Å²) in [6.07, 6.45) is 2.59. The Balaban J connectivity index is 1.57. The van der Waals surface area contributed by atoms with Crippen molar-refractivity contribution in [1.82, 2.24) is 15.2 Å². The summed E-state index contributed by atoms with van der Waals surface area (Å²) in [5.74, 6) is 0.270. The normalized spacial score (nSPS) is 14.8. The zero-order valence-corrected chi connectivity index (χ0v) is 14.4. The molecule has 0 spiro atoms. The van der Waals surface area contributed by atoms with Gasteiger partial charge >= 0.3 is 0 Å². The van der Waals surface area contributed by atoms with Crippen LogP contribution in [-0.4, -0.2) is 35.4 Å². The third-order valence-electron chi connectivity index (χ3n) is 4.80. The van der Waals surface area contributed by atoms with Crippen LogP contribution in [0.25, 0.3) is 10.9 Å². The van der Waals surface area contributed by atoms with Gasteiger partial charge in [0, 0.05) is 37.1 Å². The smallest absolute Gasteiger partial charge is 0.252 e. The summed E-state index contributed by atoms with van der Waals surface area (Å²) in [5.41, 5.74) is 4.01. The number of aromatic amines is 1. The molecule has 5 heteroatoms. The molecule has 1 aliphatic rings. The van der Waals surface area contributed by atoms with Gasteiger partial charge in [0.05, 0.1) is 0 Å². The molecule has 2 aromatic rings. The van der Waals surface area contributed by atoms with Crippen molar-refractivity contribution < 1.29 is 4.79 Å². The topological polar surface area (TPSA) is 65.2 Å². The van der Waals surface area contributed by atoms with Crippen LogP contribution in [0.1, 0.15) is 36.0 Å². The van der Waals surface area contributed by atoms with Gasteiger partial charge in [0.2, 0.25) is 5.91 Å². The maximum Gasteiger partial charge on any atom is 0.252 e. The number of hydrogen-bond donors (Lipinski definition) is 2. The van der Waals surface area contributed by atoms with E-state index < -0.39 is 0 Å². The Kier molecular flexibility index (Phi) is 5.00. The summed E-state index contributed by atoms with van der Waals surface area (Å²) >= 11 is 0. The van der Waals surface area contributed by atoms with Crippen molar-refractivity contribution in [3.05, 3.63) is 45.2 Å². The summed E-state index contributed by atoms with van der Waals surface area (Å²) in [7, 11) is 0. The van der Waals surface area contributed by atoms with Gasteiger partial charge in [0.15, 0.2) is 0 Å². The second-order valence-electron chi connectivity index (χ2n) is 6.66. The summed E-state index contributed by atoms with van der Waals surface area (Å²) in [6, 6.07) is 6.11. The molecule has 1 saturated heterocycles. The molecule has 1 aliphatic heterocycles. The summed E-state index contributed by atoms with van der Waals surface area (Å²) in [6.45, 7) is 7.17. The van der Waals surface area contributed by atoms with Crippen molar-refractivity contribution >= 4 is 16.8 Å². The fourth-order valence-electron chi connectivity index (χ4n) is 3.21. The van der Waals surface area contributed by atoms with E-state index in [9.17, 15) is 9.59 Å². The van der Waals surface area contributed by atoms with E-state index in [1.807, 2.05) is 24.0 Å². The number of benzene rings is 1. The van der Waals surface area contributed by atoms with E-state index in [1.54, 1.807) is 0 Å². The average Bonchev–Trinajstić information content (AvgIpc) is 2.95. The number of fused-ring (bicyclic) bond motifs is 1. The number of aryl methyl sites for hydroxylation is 2. The minimum atomic E-state index is -0.0343. The predicted molar refractivity (Wildman–Crippen MR) is 96.2 cm³/mol. The molecule has 1 fully saturated rings. The largest absolute Gasteiger partial charge is 0.343 e. The SMILES string of the molecule is Cc1cc2cc(CNCCCN3CCCC3=O)c(=O)[nH]c2cc1C. The molecular formula is C19H25N3O2. The molecule has 3 rings (SSSR count). The summed E-state index contributed by atoms with van der Waals surface area (Å²) in [4.78, 5) is 28.6. The lowest BCUT2D eigenvalue weighted by Crippen LogP contribution is -2.29. The van der Waals surface area contributed by atoms with Gasteiger partial charge in [-0.1, -0.05) is 0 Å². The molecule has 0 atom stereocenters. The van der Waals surface area contributed by atoms with Gasteiger partial charge in [0.1, 0.15) is 0 Å². The first-order chi connectivity index (χ1) is 11.5. The number of nitrogens with zero attached hydrogens (tertiary/aromatic N) is 1. The van der Waals surface area contributed by atoms with Gasteiger partial charge in [-0.15, -0.1) is 0 Å². The zero-order chi connectivity index (χ0) is 17.1. The lowest BCUT2D eigenvalue weighted by Gasteiger charge is -2.15. The van der Waals surface area contributed by atoms with E-state index in [0.29, 0.717) is 13.0 Å². The highest BCUT2D eigenvalue weighted by Crippen LogP contribution is 2.17. The van der Waals surface area contributed by atoms with Gasteiger partial charge in [-0.3, -0.25) is 9.59 Å². The Morgan fingerprint density at radius 3 is 2.71 bits per heavy atom. The number of hydrogen-bond acceptors (Lipinski definition) is 3. The van der Waals surface area contributed by atoms with Crippen LogP contribution >= 0.6 is 0 Å². The van der Waals surface area contributed by atoms with Crippen LogP contribution in [0.4, 0.5) is 0 Å². The number of aromatic nitrogens is 1. The molecule has 1 aromatic carbocycles. The third kappa shape index (κ3) is 3.67. The second kappa shape index (κ2) is 7.18. The highest BCUT2D eigenvalue weighted by molar-refractivity contribution is 5.80. The Labute approximate surface area is 142 Å². The molecular weight excluding hydrogens is 302 g/mol. The molecule has 5 nitrogen and oxygen atoms in total. The van der Waals surface area contributed by atoms with E-state index in [-0.39, 0.29) is 11.5 Å².